The summed E-state index contributed by atoms with van der Waals surface area (Å²) < 4.78 is 6.16. The number of fused-ring (bicyclic) bond motifs is 1. The van der Waals surface area contributed by atoms with Crippen molar-refractivity contribution in [2.75, 3.05) is 13.1 Å². The Balaban J connectivity index is 1.45. The Morgan fingerprint density at radius 2 is 2.22 bits per heavy atom. The second kappa shape index (κ2) is 6.00. The Morgan fingerprint density at radius 3 is 3.00 bits per heavy atom. The van der Waals surface area contributed by atoms with Crippen LogP contribution < -0.4 is 0 Å². The van der Waals surface area contributed by atoms with Crippen LogP contribution in [0.15, 0.2) is 37.1 Å². The molecule has 4 heterocycles. The van der Waals surface area contributed by atoms with Gasteiger partial charge in [-0.1, -0.05) is 0 Å². The van der Waals surface area contributed by atoms with Crippen molar-refractivity contribution in [1.82, 2.24) is 25.1 Å². The summed E-state index contributed by atoms with van der Waals surface area (Å²) in [5, 5.41) is 7.49. The zero-order chi connectivity index (χ0) is 15.6. The molecule has 118 valence electrons. The fourth-order valence-electron chi connectivity index (χ4n) is 3.40. The van der Waals surface area contributed by atoms with Gasteiger partial charge in [0.05, 0.1) is 29.8 Å². The van der Waals surface area contributed by atoms with Crippen LogP contribution in [0.4, 0.5) is 0 Å². The van der Waals surface area contributed by atoms with Crippen molar-refractivity contribution in [3.05, 3.63) is 48.3 Å². The van der Waals surface area contributed by atoms with Crippen molar-refractivity contribution in [2.45, 2.75) is 25.0 Å². The number of hydrogen-bond acceptors (Lipinski definition) is 6. The van der Waals surface area contributed by atoms with E-state index in [4.69, 9.17) is 4.74 Å². The molecule has 0 aromatic carbocycles. The molecule has 0 bridgehead atoms. The highest BCUT2D eigenvalue weighted by atomic mass is 16.5. The van der Waals surface area contributed by atoms with E-state index in [1.54, 1.807) is 18.6 Å². The summed E-state index contributed by atoms with van der Waals surface area (Å²) in [5.41, 5.74) is 1.49. The van der Waals surface area contributed by atoms with Gasteiger partial charge < -0.3 is 9.64 Å². The number of carbonyl (C=O) groups excluding carboxylic acids is 1. The molecule has 7 heteroatoms. The van der Waals surface area contributed by atoms with Crippen LogP contribution in [0.3, 0.4) is 0 Å². The number of carbonyl (C=O) groups is 1. The van der Waals surface area contributed by atoms with Crippen LogP contribution in [0.2, 0.25) is 0 Å². The number of piperidine rings is 1. The maximum atomic E-state index is 12.5. The van der Waals surface area contributed by atoms with Crippen LogP contribution >= 0.6 is 0 Å². The van der Waals surface area contributed by atoms with E-state index in [1.165, 1.54) is 12.4 Å². The van der Waals surface area contributed by atoms with Gasteiger partial charge in [-0.2, -0.15) is 10.2 Å². The van der Waals surface area contributed by atoms with Gasteiger partial charge in [-0.25, -0.2) is 9.97 Å². The van der Waals surface area contributed by atoms with E-state index in [0.29, 0.717) is 18.0 Å². The Hall–Kier alpha value is -2.41. The standard InChI is InChI=1S/C16H17N5O2/c22-16(12-1-5-19-20-8-12)21-6-3-11-7-14(23-15(11)9-21)13-2-4-17-10-18-13/h1-2,4-5,8,10-11,14-15H,3,6-7,9H2/t11-,14-,15+/m1/s1. The molecule has 7 nitrogen and oxygen atoms in total. The first kappa shape index (κ1) is 14.2. The lowest BCUT2D eigenvalue weighted by Crippen LogP contribution is -2.45. The number of likely N-dealkylation sites (tertiary alicyclic amines) is 1. The number of rotatable bonds is 2. The Morgan fingerprint density at radius 1 is 1.26 bits per heavy atom. The van der Waals surface area contributed by atoms with Crippen molar-refractivity contribution in [1.29, 1.82) is 0 Å². The molecular weight excluding hydrogens is 294 g/mol. The summed E-state index contributed by atoms with van der Waals surface area (Å²) in [6.07, 6.45) is 8.32. The van der Waals surface area contributed by atoms with Crippen molar-refractivity contribution in [3.8, 4) is 0 Å². The van der Waals surface area contributed by atoms with E-state index < -0.39 is 0 Å². The van der Waals surface area contributed by atoms with E-state index in [-0.39, 0.29) is 18.1 Å². The predicted octanol–water partition coefficient (Wildman–Crippen LogP) is 1.26. The zero-order valence-corrected chi connectivity index (χ0v) is 12.6. The smallest absolute Gasteiger partial charge is 0.255 e. The third kappa shape index (κ3) is 2.79. The van der Waals surface area contributed by atoms with Gasteiger partial charge >= 0.3 is 0 Å². The molecule has 3 atom stereocenters. The first-order valence-electron chi connectivity index (χ1n) is 7.78. The quantitative estimate of drug-likeness (QED) is 0.830. The molecule has 2 aromatic heterocycles. The van der Waals surface area contributed by atoms with E-state index in [9.17, 15) is 4.79 Å². The lowest BCUT2D eigenvalue weighted by atomic mass is 9.91. The lowest BCUT2D eigenvalue weighted by Gasteiger charge is -2.34. The summed E-state index contributed by atoms with van der Waals surface area (Å²) in [7, 11) is 0. The normalized spacial score (nSPS) is 26.8. The molecule has 2 aromatic rings. The number of aromatic nitrogens is 4. The highest BCUT2D eigenvalue weighted by Crippen LogP contribution is 2.40. The van der Waals surface area contributed by atoms with Crippen molar-refractivity contribution >= 4 is 5.91 Å². The molecule has 2 aliphatic heterocycles. The number of ether oxygens (including phenoxy) is 1. The monoisotopic (exact) mass is 311 g/mol. The van der Waals surface area contributed by atoms with Crippen LogP contribution in [0.5, 0.6) is 0 Å². The molecule has 0 aliphatic carbocycles. The molecule has 1 amide bonds. The molecular formula is C16H17N5O2. The Labute approximate surface area is 133 Å². The maximum Gasteiger partial charge on any atom is 0.255 e. The minimum atomic E-state index is -0.00700. The van der Waals surface area contributed by atoms with Crippen LogP contribution in [0.25, 0.3) is 0 Å². The molecule has 0 radical (unpaired) electrons. The van der Waals surface area contributed by atoms with Gasteiger partial charge in [0.15, 0.2) is 0 Å². The summed E-state index contributed by atoms with van der Waals surface area (Å²) in [6.45, 7) is 1.37. The fourth-order valence-corrected chi connectivity index (χ4v) is 3.40. The van der Waals surface area contributed by atoms with E-state index >= 15 is 0 Å². The SMILES string of the molecule is O=C(c1ccnnc1)N1CC[C@@H]2C[C@H](c3ccncn3)O[C@H]2C1. The highest BCUT2D eigenvalue weighted by molar-refractivity contribution is 5.93. The van der Waals surface area contributed by atoms with Gasteiger partial charge in [0.2, 0.25) is 0 Å². The minimum absolute atomic E-state index is 0.00523. The number of amides is 1. The average molecular weight is 311 g/mol. The summed E-state index contributed by atoms with van der Waals surface area (Å²) in [6, 6.07) is 3.59. The zero-order valence-electron chi connectivity index (χ0n) is 12.6. The molecule has 0 N–H and O–H groups in total. The largest absolute Gasteiger partial charge is 0.367 e. The van der Waals surface area contributed by atoms with Crippen LogP contribution in [0.1, 0.15) is 35.0 Å². The Kier molecular flexibility index (Phi) is 3.70. The van der Waals surface area contributed by atoms with E-state index in [2.05, 4.69) is 20.2 Å². The molecule has 2 saturated heterocycles. The van der Waals surface area contributed by atoms with Gasteiger partial charge in [0.1, 0.15) is 12.4 Å². The molecule has 2 fully saturated rings. The first-order valence-corrected chi connectivity index (χ1v) is 7.78. The predicted molar refractivity (Wildman–Crippen MR) is 80.3 cm³/mol. The second-order valence-corrected chi connectivity index (χ2v) is 5.96. The third-order valence-corrected chi connectivity index (χ3v) is 4.60. The lowest BCUT2D eigenvalue weighted by molar-refractivity contribution is -0.00566. The topological polar surface area (TPSA) is 81.1 Å². The van der Waals surface area contributed by atoms with Gasteiger partial charge in [-0.3, -0.25) is 4.79 Å². The number of nitrogens with zero attached hydrogens (tertiary/aromatic N) is 5. The summed E-state index contributed by atoms with van der Waals surface area (Å²) in [4.78, 5) is 22.6. The molecule has 4 rings (SSSR count). The number of hydrogen-bond donors (Lipinski definition) is 0. The van der Waals surface area contributed by atoms with Crippen LogP contribution in [0, 0.1) is 5.92 Å². The third-order valence-electron chi connectivity index (χ3n) is 4.60. The maximum absolute atomic E-state index is 12.5. The minimum Gasteiger partial charge on any atom is -0.367 e. The average Bonchev–Trinajstić information content (AvgIpc) is 3.06. The summed E-state index contributed by atoms with van der Waals surface area (Å²) >= 11 is 0. The second-order valence-electron chi connectivity index (χ2n) is 5.96. The molecule has 2 aliphatic rings. The first-order chi connectivity index (χ1) is 11.3. The molecule has 23 heavy (non-hydrogen) atoms. The molecule has 0 unspecified atom stereocenters. The fraction of sp³-hybridized carbons (Fsp3) is 0.438. The molecule has 0 saturated carbocycles. The van der Waals surface area contributed by atoms with Crippen molar-refractivity contribution < 1.29 is 9.53 Å². The van der Waals surface area contributed by atoms with Crippen LogP contribution in [-0.2, 0) is 4.74 Å². The van der Waals surface area contributed by atoms with Crippen LogP contribution in [-0.4, -0.2) is 50.2 Å². The molecule has 0 spiro atoms. The van der Waals surface area contributed by atoms with E-state index in [0.717, 1.165) is 25.1 Å². The van der Waals surface area contributed by atoms with Gasteiger partial charge in [-0.15, -0.1) is 0 Å². The van der Waals surface area contributed by atoms with Gasteiger partial charge in [-0.05, 0) is 30.9 Å². The van der Waals surface area contributed by atoms with Crippen molar-refractivity contribution in [3.63, 3.8) is 0 Å². The van der Waals surface area contributed by atoms with Crippen molar-refractivity contribution in [2.24, 2.45) is 5.92 Å². The van der Waals surface area contributed by atoms with Gasteiger partial charge in [0.25, 0.3) is 5.91 Å². The Bertz CT molecular complexity index is 681. The summed E-state index contributed by atoms with van der Waals surface area (Å²) in [5.74, 6) is 0.474. The van der Waals surface area contributed by atoms with Gasteiger partial charge in [0, 0.05) is 19.3 Å². The highest BCUT2D eigenvalue weighted by Gasteiger charge is 2.41. The van der Waals surface area contributed by atoms with E-state index in [1.807, 2.05) is 11.0 Å².